The van der Waals surface area contributed by atoms with Gasteiger partial charge in [0.05, 0.1) is 50.0 Å². The number of hydrogen-bond acceptors (Lipinski definition) is 1. The largest absolute Gasteiger partial charge is 0.308 e. The maximum atomic E-state index is 11.7. The molecule has 0 aliphatic carbocycles. The Labute approximate surface area is 372 Å². The quantitative estimate of drug-likeness (QED) is 0.175. The lowest BCUT2D eigenvalue weighted by Gasteiger charge is -2.21. The first-order valence-electron chi connectivity index (χ1n) is 22.5. The van der Waals surface area contributed by atoms with Crippen LogP contribution in [0.3, 0.4) is 0 Å². The van der Waals surface area contributed by atoms with E-state index < -0.39 is 0 Å². The smallest absolute Gasteiger partial charge is 0.101 e. The van der Waals surface area contributed by atoms with Gasteiger partial charge in [0.15, 0.2) is 0 Å². The van der Waals surface area contributed by atoms with Gasteiger partial charge in [-0.05, 0) is 117 Å². The standard InChI is InChI=1S/C59H58N4/c1-56(2,3)37-22-26-48-43(31-37)44-32-38(57(4,5)6)23-27-49(44)62(48)52-30-36(35-60)54(55-53(52)42-20-16-17-21-47(42)61(55)41-18-14-13-15-19-41)63-50-28-24-39(58(7,8)9)33-45(50)46-34-40(59(10,11)12)25-29-51(46)63/h13-34H,1-12H3. The Kier molecular flexibility index (Phi) is 8.82. The third-order valence-corrected chi connectivity index (χ3v) is 13.5. The van der Waals surface area contributed by atoms with Gasteiger partial charge in [0, 0.05) is 38.0 Å². The zero-order valence-electron chi connectivity index (χ0n) is 39.0. The molecule has 0 aliphatic rings. The van der Waals surface area contributed by atoms with Gasteiger partial charge in [-0.25, -0.2) is 0 Å². The molecular formula is C59H58N4. The highest BCUT2D eigenvalue weighted by Gasteiger charge is 2.29. The van der Waals surface area contributed by atoms with Crippen molar-refractivity contribution < 1.29 is 0 Å². The molecule has 0 atom stereocenters. The molecule has 3 heterocycles. The molecule has 0 spiro atoms. The van der Waals surface area contributed by atoms with E-state index in [9.17, 15) is 5.26 Å². The SMILES string of the molecule is CC(C)(C)c1ccc2c(c1)c1cc(C(C)(C)C)ccc1n2-c1cc(C#N)c(-n2c3ccc(C(C)(C)C)cc3c3cc(C(C)(C)C)ccc32)c2c1c1ccccc1n2-c1ccccc1. The topological polar surface area (TPSA) is 38.6 Å². The lowest BCUT2D eigenvalue weighted by atomic mass is 9.85. The summed E-state index contributed by atoms with van der Waals surface area (Å²) in [5.41, 5.74) is 15.1. The second-order valence-electron chi connectivity index (χ2n) is 21.9. The van der Waals surface area contributed by atoms with Crippen molar-refractivity contribution in [2.45, 2.75) is 105 Å². The van der Waals surface area contributed by atoms with E-state index in [2.05, 4.69) is 236 Å². The number of nitrogens with zero attached hydrogens (tertiary/aromatic N) is 4. The van der Waals surface area contributed by atoms with Crippen molar-refractivity contribution in [2.24, 2.45) is 0 Å². The van der Waals surface area contributed by atoms with Gasteiger partial charge in [-0.15, -0.1) is 0 Å². The highest BCUT2D eigenvalue weighted by molar-refractivity contribution is 6.20. The maximum absolute atomic E-state index is 11.7. The van der Waals surface area contributed by atoms with Crippen LogP contribution in [0.4, 0.5) is 0 Å². The summed E-state index contributed by atoms with van der Waals surface area (Å²) in [6.07, 6.45) is 0. The summed E-state index contributed by atoms with van der Waals surface area (Å²) in [6, 6.07) is 52.4. The Morgan fingerprint density at radius 1 is 0.381 bits per heavy atom. The van der Waals surface area contributed by atoms with Crippen molar-refractivity contribution in [3.8, 4) is 23.1 Å². The first kappa shape index (κ1) is 40.5. The number of para-hydroxylation sites is 2. The third kappa shape index (κ3) is 6.30. The van der Waals surface area contributed by atoms with E-state index in [4.69, 9.17) is 0 Å². The van der Waals surface area contributed by atoms with Crippen molar-refractivity contribution in [1.29, 1.82) is 5.26 Å². The Morgan fingerprint density at radius 3 is 1.17 bits per heavy atom. The molecule has 0 saturated heterocycles. The molecule has 63 heavy (non-hydrogen) atoms. The van der Waals surface area contributed by atoms with Gasteiger partial charge < -0.3 is 13.7 Å². The molecule has 0 amide bonds. The number of nitriles is 1. The number of rotatable bonds is 3. The van der Waals surface area contributed by atoms with Crippen molar-refractivity contribution >= 4 is 65.4 Å². The zero-order valence-corrected chi connectivity index (χ0v) is 39.0. The summed E-state index contributed by atoms with van der Waals surface area (Å²) in [4.78, 5) is 0. The number of fused-ring (bicyclic) bond motifs is 9. The van der Waals surface area contributed by atoms with Crippen LogP contribution in [0.1, 0.15) is 111 Å². The Hall–Kier alpha value is -6.57. The van der Waals surface area contributed by atoms with Crippen LogP contribution in [-0.4, -0.2) is 13.7 Å². The van der Waals surface area contributed by atoms with Gasteiger partial charge >= 0.3 is 0 Å². The van der Waals surface area contributed by atoms with Gasteiger partial charge in [-0.3, -0.25) is 0 Å². The summed E-state index contributed by atoms with van der Waals surface area (Å²) in [5.74, 6) is 0. The first-order chi connectivity index (χ1) is 29.8. The van der Waals surface area contributed by atoms with Gasteiger partial charge in [-0.1, -0.05) is 144 Å². The van der Waals surface area contributed by atoms with Crippen molar-refractivity contribution in [1.82, 2.24) is 13.7 Å². The van der Waals surface area contributed by atoms with Crippen LogP contribution >= 0.6 is 0 Å². The summed E-state index contributed by atoms with van der Waals surface area (Å²) in [6.45, 7) is 27.4. The van der Waals surface area contributed by atoms with E-state index in [0.29, 0.717) is 5.56 Å². The fourth-order valence-electron chi connectivity index (χ4n) is 9.87. The van der Waals surface area contributed by atoms with Crippen molar-refractivity contribution in [3.05, 3.63) is 161 Å². The Bertz CT molecular complexity index is 3390. The van der Waals surface area contributed by atoms with E-state index >= 15 is 0 Å². The molecule has 10 rings (SSSR count). The van der Waals surface area contributed by atoms with Crippen LogP contribution in [0.5, 0.6) is 0 Å². The van der Waals surface area contributed by atoms with Crippen molar-refractivity contribution in [3.63, 3.8) is 0 Å². The van der Waals surface area contributed by atoms with Gasteiger partial charge in [0.2, 0.25) is 0 Å². The molecule has 314 valence electrons. The van der Waals surface area contributed by atoms with Crippen LogP contribution in [0.25, 0.3) is 82.5 Å². The number of hydrogen-bond donors (Lipinski definition) is 0. The predicted molar refractivity (Wildman–Crippen MR) is 269 cm³/mol. The van der Waals surface area contributed by atoms with E-state index in [-0.39, 0.29) is 21.7 Å². The minimum Gasteiger partial charge on any atom is -0.308 e. The van der Waals surface area contributed by atoms with Crippen LogP contribution in [0.2, 0.25) is 0 Å². The highest BCUT2D eigenvalue weighted by Crippen LogP contribution is 2.47. The van der Waals surface area contributed by atoms with E-state index in [1.807, 2.05) is 0 Å². The molecule has 3 aromatic heterocycles. The molecular weight excluding hydrogens is 765 g/mol. The summed E-state index contributed by atoms with van der Waals surface area (Å²) < 4.78 is 7.23. The summed E-state index contributed by atoms with van der Waals surface area (Å²) in [5, 5.41) is 18.7. The normalized spacial score (nSPS) is 13.1. The zero-order chi connectivity index (χ0) is 44.5. The molecule has 0 bridgehead atoms. The van der Waals surface area contributed by atoms with Crippen LogP contribution < -0.4 is 0 Å². The lowest BCUT2D eigenvalue weighted by Crippen LogP contribution is -2.11. The lowest BCUT2D eigenvalue weighted by molar-refractivity contribution is 0.590. The average Bonchev–Trinajstić information content (AvgIpc) is 3.87. The van der Waals surface area contributed by atoms with Crippen LogP contribution in [-0.2, 0) is 21.7 Å². The molecule has 4 nitrogen and oxygen atoms in total. The number of aromatic nitrogens is 3. The van der Waals surface area contributed by atoms with Crippen LogP contribution in [0, 0.1) is 11.3 Å². The second-order valence-corrected chi connectivity index (χ2v) is 21.9. The second kappa shape index (κ2) is 13.7. The molecule has 7 aromatic carbocycles. The molecule has 0 aliphatic heterocycles. The molecule has 0 saturated carbocycles. The van der Waals surface area contributed by atoms with Gasteiger partial charge in [-0.2, -0.15) is 5.26 Å². The molecule has 0 unspecified atom stereocenters. The molecule has 4 heteroatoms. The first-order valence-corrected chi connectivity index (χ1v) is 22.5. The third-order valence-electron chi connectivity index (χ3n) is 13.5. The summed E-state index contributed by atoms with van der Waals surface area (Å²) in [7, 11) is 0. The molecule has 0 fully saturated rings. The van der Waals surface area contributed by atoms with Crippen LogP contribution in [0.15, 0.2) is 133 Å². The monoisotopic (exact) mass is 822 g/mol. The minimum atomic E-state index is -0.0414. The van der Waals surface area contributed by atoms with Gasteiger partial charge in [0.25, 0.3) is 0 Å². The molecule has 10 aromatic rings. The van der Waals surface area contributed by atoms with Crippen molar-refractivity contribution in [2.75, 3.05) is 0 Å². The fourth-order valence-corrected chi connectivity index (χ4v) is 9.87. The fraction of sp³-hybridized carbons (Fsp3) is 0.271. The van der Waals surface area contributed by atoms with E-state index in [1.54, 1.807) is 0 Å². The summed E-state index contributed by atoms with van der Waals surface area (Å²) >= 11 is 0. The Balaban J connectivity index is 1.44. The molecule has 0 N–H and O–H groups in total. The van der Waals surface area contributed by atoms with E-state index in [1.165, 1.54) is 43.8 Å². The minimum absolute atomic E-state index is 0.0279. The number of benzene rings is 7. The predicted octanol–water partition coefficient (Wildman–Crippen LogP) is 16.0. The Morgan fingerprint density at radius 2 is 0.762 bits per heavy atom. The van der Waals surface area contributed by atoms with Gasteiger partial charge in [0.1, 0.15) is 6.07 Å². The molecule has 0 radical (unpaired) electrons. The van der Waals surface area contributed by atoms with E-state index in [0.717, 1.165) is 60.9 Å². The highest BCUT2D eigenvalue weighted by atomic mass is 15.1. The maximum Gasteiger partial charge on any atom is 0.101 e. The average molecular weight is 823 g/mol.